The van der Waals surface area contributed by atoms with Gasteiger partial charge in [-0.1, -0.05) is 18.2 Å². The predicted octanol–water partition coefficient (Wildman–Crippen LogP) is 0.407. The minimum absolute atomic E-state index is 0.124. The van der Waals surface area contributed by atoms with Gasteiger partial charge < -0.3 is 19.3 Å². The van der Waals surface area contributed by atoms with E-state index in [-0.39, 0.29) is 12.3 Å². The van der Waals surface area contributed by atoms with Gasteiger partial charge in [0.1, 0.15) is 17.5 Å². The summed E-state index contributed by atoms with van der Waals surface area (Å²) >= 11 is -2.51. The largest absolute Gasteiger partial charge is 0.484 e. The molecule has 2 N–H and O–H groups in total. The van der Waals surface area contributed by atoms with E-state index in [9.17, 15) is 23.1 Å². The van der Waals surface area contributed by atoms with Gasteiger partial charge in [-0.15, -0.1) is 0 Å². The number of methoxy groups -OCH3 is 1. The van der Waals surface area contributed by atoms with Gasteiger partial charge in [-0.2, -0.15) is 0 Å². The van der Waals surface area contributed by atoms with Gasteiger partial charge in [0.25, 0.3) is 11.8 Å². The molecule has 10 heteroatoms. The highest BCUT2D eigenvalue weighted by Crippen LogP contribution is 2.29. The molecule has 146 valence electrons. The molecule has 1 aromatic carbocycles. The van der Waals surface area contributed by atoms with E-state index in [1.807, 2.05) is 0 Å². The summed E-state index contributed by atoms with van der Waals surface area (Å²) in [7, 11) is 1.14. The molecular weight excluding hydrogens is 376 g/mol. The fourth-order valence-electron chi connectivity index (χ4n) is 2.56. The van der Waals surface area contributed by atoms with E-state index in [4.69, 9.17) is 4.74 Å². The molecule has 3 atom stereocenters. The highest BCUT2D eigenvalue weighted by molar-refractivity contribution is 7.80. The molecule has 1 aliphatic rings. The Kier molecular flexibility index (Phi) is 6.70. The summed E-state index contributed by atoms with van der Waals surface area (Å²) in [6.45, 7) is 2.76. The summed E-state index contributed by atoms with van der Waals surface area (Å²) in [4.78, 5) is 37.3. The first-order valence-electron chi connectivity index (χ1n) is 7.93. The topological polar surface area (TPSA) is 122 Å². The maximum absolute atomic E-state index is 12.4. The van der Waals surface area contributed by atoms with Crippen LogP contribution in [0.15, 0.2) is 41.6 Å². The van der Waals surface area contributed by atoms with E-state index in [1.54, 1.807) is 44.2 Å². The highest BCUT2D eigenvalue weighted by Gasteiger charge is 2.55. The Balaban J connectivity index is 2.08. The van der Waals surface area contributed by atoms with Gasteiger partial charge in [-0.25, -0.2) is 9.00 Å². The Morgan fingerprint density at radius 1 is 1.26 bits per heavy atom. The van der Waals surface area contributed by atoms with Crippen LogP contribution in [0.5, 0.6) is 5.75 Å². The van der Waals surface area contributed by atoms with Crippen molar-refractivity contribution in [1.82, 2.24) is 10.2 Å². The third-order valence-corrected chi connectivity index (χ3v) is 4.67. The predicted molar refractivity (Wildman–Crippen MR) is 95.7 cm³/mol. The number of likely N-dealkylation sites (tertiary alicyclic amines) is 1. The third-order valence-electron chi connectivity index (χ3n) is 3.77. The molecule has 9 nitrogen and oxygen atoms in total. The van der Waals surface area contributed by atoms with Crippen LogP contribution in [0.2, 0.25) is 0 Å². The first-order valence-corrected chi connectivity index (χ1v) is 9.10. The molecule has 2 amide bonds. The summed E-state index contributed by atoms with van der Waals surface area (Å²) in [5.74, 6) is -1.66. The van der Waals surface area contributed by atoms with Crippen molar-refractivity contribution >= 4 is 28.9 Å². The van der Waals surface area contributed by atoms with Gasteiger partial charge in [0.15, 0.2) is 23.1 Å². The number of allylic oxidation sites excluding steroid dienone is 1. The molecule has 1 heterocycles. The van der Waals surface area contributed by atoms with Crippen LogP contribution in [-0.4, -0.2) is 56.6 Å². The fraction of sp³-hybridized carbons (Fsp3) is 0.353. The lowest BCUT2D eigenvalue weighted by molar-refractivity contribution is -0.152. The molecule has 1 saturated heterocycles. The molecule has 1 fully saturated rings. The van der Waals surface area contributed by atoms with Gasteiger partial charge in [0.05, 0.1) is 7.11 Å². The lowest BCUT2D eigenvalue weighted by Gasteiger charge is -2.45. The normalized spacial score (nSPS) is 19.6. The highest BCUT2D eigenvalue weighted by atomic mass is 32.2. The quantitative estimate of drug-likeness (QED) is 0.296. The summed E-state index contributed by atoms with van der Waals surface area (Å²) < 4.78 is 31.2. The number of nitrogens with one attached hydrogen (secondary N) is 1. The zero-order valence-corrected chi connectivity index (χ0v) is 15.8. The SMILES string of the molecule is COC(=O)C(=C(C)C)N1C(=O)C(NC(=O)COc2ccccc2)C1S(=O)O. The molecule has 0 aliphatic carbocycles. The molecular formula is C17H20N2O7S. The lowest BCUT2D eigenvalue weighted by Crippen LogP contribution is -2.72. The molecule has 0 bridgehead atoms. The van der Waals surface area contributed by atoms with Gasteiger partial charge in [-0.3, -0.25) is 14.5 Å². The third kappa shape index (κ3) is 4.52. The number of benzene rings is 1. The minimum atomic E-state index is -2.51. The Labute approximate surface area is 158 Å². The molecule has 0 radical (unpaired) electrons. The Hall–Kier alpha value is -2.72. The molecule has 1 aliphatic heterocycles. The summed E-state index contributed by atoms with van der Waals surface area (Å²) in [5.41, 5.74) is 0.309. The molecule has 1 aromatic rings. The maximum Gasteiger partial charge on any atom is 0.354 e. The number of amides is 2. The molecule has 27 heavy (non-hydrogen) atoms. The smallest absolute Gasteiger partial charge is 0.354 e. The van der Waals surface area contributed by atoms with Crippen LogP contribution in [0, 0.1) is 0 Å². The van der Waals surface area contributed by atoms with Crippen molar-refractivity contribution < 1.29 is 32.6 Å². The van der Waals surface area contributed by atoms with Crippen LogP contribution < -0.4 is 10.1 Å². The number of hydrogen-bond donors (Lipinski definition) is 2. The fourth-order valence-corrected chi connectivity index (χ4v) is 3.37. The average Bonchev–Trinajstić information content (AvgIpc) is 2.64. The van der Waals surface area contributed by atoms with E-state index >= 15 is 0 Å². The first kappa shape index (κ1) is 20.6. The van der Waals surface area contributed by atoms with Crippen LogP contribution in [0.4, 0.5) is 0 Å². The number of ether oxygens (including phenoxy) is 2. The molecule has 2 rings (SSSR count). The average molecular weight is 396 g/mol. The monoisotopic (exact) mass is 396 g/mol. The van der Waals surface area contributed by atoms with Gasteiger partial charge in [0, 0.05) is 0 Å². The van der Waals surface area contributed by atoms with Crippen molar-refractivity contribution in [2.45, 2.75) is 25.3 Å². The second-order valence-corrected chi connectivity index (χ2v) is 6.90. The number of esters is 1. The number of rotatable bonds is 7. The zero-order chi connectivity index (χ0) is 20.1. The van der Waals surface area contributed by atoms with Gasteiger partial charge in [0.2, 0.25) is 0 Å². The first-order chi connectivity index (χ1) is 12.8. The van der Waals surface area contributed by atoms with Crippen LogP contribution >= 0.6 is 0 Å². The van der Waals surface area contributed by atoms with Crippen molar-refractivity contribution in [2.24, 2.45) is 0 Å². The van der Waals surface area contributed by atoms with Crippen LogP contribution in [0.1, 0.15) is 13.8 Å². The Bertz CT molecular complexity index is 790. The number of carbonyl (C=O) groups is 3. The van der Waals surface area contributed by atoms with Crippen LogP contribution in [0.25, 0.3) is 0 Å². The second-order valence-electron chi connectivity index (χ2n) is 5.86. The Morgan fingerprint density at radius 3 is 2.41 bits per heavy atom. The van der Waals surface area contributed by atoms with E-state index < -0.39 is 40.3 Å². The number of para-hydroxylation sites is 1. The summed E-state index contributed by atoms with van der Waals surface area (Å²) in [5, 5.41) is 1.06. The number of β-lactam (4-membered cyclic amide) rings is 1. The van der Waals surface area contributed by atoms with E-state index in [2.05, 4.69) is 10.1 Å². The molecule has 0 aromatic heterocycles. The lowest BCUT2D eigenvalue weighted by atomic mass is 10.0. The number of nitrogens with zero attached hydrogens (tertiary/aromatic N) is 1. The van der Waals surface area contributed by atoms with E-state index in [1.165, 1.54) is 0 Å². The van der Waals surface area contributed by atoms with Crippen molar-refractivity contribution in [3.63, 3.8) is 0 Å². The molecule has 0 spiro atoms. The standard InChI is InChI=1S/C17H20N2O7S/c1-10(2)14(17(22)25-3)19-15(21)13(16(19)27(23)24)18-12(20)9-26-11-7-5-4-6-8-11/h4-8,13,16H,9H2,1-3H3,(H,18,20)(H,23,24). The number of carbonyl (C=O) groups excluding carboxylic acids is 3. The van der Waals surface area contributed by atoms with E-state index in [0.717, 1.165) is 12.0 Å². The second kappa shape index (κ2) is 8.78. The molecule has 0 saturated carbocycles. The summed E-state index contributed by atoms with van der Waals surface area (Å²) in [6.07, 6.45) is 0. The van der Waals surface area contributed by atoms with Crippen molar-refractivity contribution in [3.8, 4) is 5.75 Å². The minimum Gasteiger partial charge on any atom is -0.484 e. The zero-order valence-electron chi connectivity index (χ0n) is 15.0. The van der Waals surface area contributed by atoms with Crippen LogP contribution in [-0.2, 0) is 30.2 Å². The van der Waals surface area contributed by atoms with Gasteiger partial charge in [-0.05, 0) is 31.6 Å². The van der Waals surface area contributed by atoms with Crippen molar-refractivity contribution in [2.75, 3.05) is 13.7 Å². The van der Waals surface area contributed by atoms with Gasteiger partial charge >= 0.3 is 5.97 Å². The van der Waals surface area contributed by atoms with E-state index in [0.29, 0.717) is 11.3 Å². The van der Waals surface area contributed by atoms with Crippen LogP contribution in [0.3, 0.4) is 0 Å². The van der Waals surface area contributed by atoms with Crippen molar-refractivity contribution in [1.29, 1.82) is 0 Å². The maximum atomic E-state index is 12.4. The van der Waals surface area contributed by atoms with Crippen molar-refractivity contribution in [3.05, 3.63) is 41.6 Å². The summed E-state index contributed by atoms with van der Waals surface area (Å²) in [6, 6.07) is 7.33. The molecule has 3 unspecified atom stereocenters. The Morgan fingerprint density at radius 2 is 1.89 bits per heavy atom. The number of hydrogen-bond acceptors (Lipinski definition) is 6.